The average Bonchev–Trinajstić information content (AvgIpc) is 2.73. The predicted octanol–water partition coefficient (Wildman–Crippen LogP) is 4.21. The van der Waals surface area contributed by atoms with Crippen LogP contribution in [0, 0.1) is 5.92 Å². The van der Waals surface area contributed by atoms with Crippen molar-refractivity contribution >= 4 is 0 Å². The van der Waals surface area contributed by atoms with E-state index in [0.717, 1.165) is 44.8 Å². The highest BCUT2D eigenvalue weighted by Gasteiger charge is 2.43. The molecule has 0 saturated carbocycles. The Hall–Kier alpha value is -1.68. The Balaban J connectivity index is 2.01. The van der Waals surface area contributed by atoms with Gasteiger partial charge in [-0.1, -0.05) is 75.4 Å². The van der Waals surface area contributed by atoms with Crippen LogP contribution in [0.5, 0.6) is 0 Å². The molecule has 146 valence electrons. The molecule has 3 heteroatoms. The molecule has 2 atom stereocenters. The van der Waals surface area contributed by atoms with Gasteiger partial charge in [-0.2, -0.15) is 0 Å². The van der Waals surface area contributed by atoms with Crippen molar-refractivity contribution in [3.8, 4) is 0 Å². The number of hydrogen-bond acceptors (Lipinski definition) is 3. The van der Waals surface area contributed by atoms with Crippen LogP contribution >= 0.6 is 0 Å². The van der Waals surface area contributed by atoms with E-state index in [-0.39, 0.29) is 11.8 Å². The van der Waals surface area contributed by atoms with Gasteiger partial charge in [-0.15, -0.1) is 0 Å². The van der Waals surface area contributed by atoms with E-state index in [1.165, 1.54) is 11.1 Å². The number of hydrogen-bond donors (Lipinski definition) is 1. The van der Waals surface area contributed by atoms with Gasteiger partial charge in [0.05, 0.1) is 18.8 Å². The number of morpholine rings is 1. The summed E-state index contributed by atoms with van der Waals surface area (Å²) in [6.07, 6.45) is 1.01. The number of rotatable bonds is 7. The smallest absolute Gasteiger partial charge is 0.0999 e. The van der Waals surface area contributed by atoms with Crippen molar-refractivity contribution in [2.24, 2.45) is 5.92 Å². The van der Waals surface area contributed by atoms with Crippen LogP contribution in [0.15, 0.2) is 54.6 Å². The first-order valence-corrected chi connectivity index (χ1v) is 10.2. The van der Waals surface area contributed by atoms with Gasteiger partial charge in [0.2, 0.25) is 0 Å². The molecule has 3 rings (SSSR count). The maximum atomic E-state index is 12.1. The fourth-order valence-corrected chi connectivity index (χ4v) is 4.17. The van der Waals surface area contributed by atoms with Gasteiger partial charge < -0.3 is 9.84 Å². The molecule has 1 aliphatic heterocycles. The molecular weight excluding hydrogens is 334 g/mol. The van der Waals surface area contributed by atoms with Gasteiger partial charge in [0, 0.05) is 25.6 Å². The SMILES string of the molecule is CCc1ccc([C@](O)(C(C)C)[C@@H](CN2CCOCC2)c2ccccc2)cc1. The van der Waals surface area contributed by atoms with Crippen molar-refractivity contribution in [3.63, 3.8) is 0 Å². The second-order valence-electron chi connectivity index (χ2n) is 7.91. The zero-order valence-corrected chi connectivity index (χ0v) is 16.9. The van der Waals surface area contributed by atoms with Crippen molar-refractivity contribution in [2.45, 2.75) is 38.7 Å². The van der Waals surface area contributed by atoms with Crippen molar-refractivity contribution in [1.29, 1.82) is 0 Å². The zero-order chi connectivity index (χ0) is 19.3. The quantitative estimate of drug-likeness (QED) is 0.796. The molecule has 2 aromatic rings. The van der Waals surface area contributed by atoms with Crippen molar-refractivity contribution in [2.75, 3.05) is 32.8 Å². The lowest BCUT2D eigenvalue weighted by Crippen LogP contribution is -2.47. The topological polar surface area (TPSA) is 32.7 Å². The van der Waals surface area contributed by atoms with Gasteiger partial charge in [-0.05, 0) is 29.0 Å². The van der Waals surface area contributed by atoms with E-state index in [9.17, 15) is 5.11 Å². The summed E-state index contributed by atoms with van der Waals surface area (Å²) in [7, 11) is 0. The van der Waals surface area contributed by atoms with Crippen LogP contribution in [0.2, 0.25) is 0 Å². The Kier molecular flexibility index (Phi) is 6.69. The third kappa shape index (κ3) is 4.43. The van der Waals surface area contributed by atoms with Gasteiger partial charge in [-0.3, -0.25) is 4.90 Å². The maximum absolute atomic E-state index is 12.1. The lowest BCUT2D eigenvalue weighted by molar-refractivity contribution is -0.0547. The summed E-state index contributed by atoms with van der Waals surface area (Å²) in [5, 5.41) is 12.1. The van der Waals surface area contributed by atoms with Crippen molar-refractivity contribution in [3.05, 3.63) is 71.3 Å². The van der Waals surface area contributed by atoms with Gasteiger partial charge in [0.25, 0.3) is 0 Å². The highest BCUT2D eigenvalue weighted by Crippen LogP contribution is 2.43. The molecule has 0 radical (unpaired) electrons. The minimum atomic E-state index is -0.925. The number of nitrogens with zero attached hydrogens (tertiary/aromatic N) is 1. The van der Waals surface area contributed by atoms with Crippen LogP contribution in [-0.4, -0.2) is 42.9 Å². The van der Waals surface area contributed by atoms with E-state index in [4.69, 9.17) is 4.74 Å². The summed E-state index contributed by atoms with van der Waals surface area (Å²) in [5.74, 6) is 0.0977. The average molecular weight is 368 g/mol. The Labute approximate surface area is 164 Å². The minimum absolute atomic E-state index is 0.00396. The molecule has 0 amide bonds. The van der Waals surface area contributed by atoms with Crippen LogP contribution in [0.25, 0.3) is 0 Å². The van der Waals surface area contributed by atoms with Gasteiger partial charge in [-0.25, -0.2) is 0 Å². The first-order chi connectivity index (χ1) is 13.1. The largest absolute Gasteiger partial charge is 0.384 e. The first-order valence-electron chi connectivity index (χ1n) is 10.2. The van der Waals surface area contributed by atoms with Gasteiger partial charge in [0.1, 0.15) is 0 Å². The highest BCUT2D eigenvalue weighted by molar-refractivity contribution is 5.34. The number of benzene rings is 2. The van der Waals surface area contributed by atoms with Crippen LogP contribution < -0.4 is 0 Å². The fourth-order valence-electron chi connectivity index (χ4n) is 4.17. The highest BCUT2D eigenvalue weighted by atomic mass is 16.5. The Morgan fingerprint density at radius 1 is 1.00 bits per heavy atom. The second kappa shape index (κ2) is 9.01. The molecule has 1 N–H and O–H groups in total. The van der Waals surface area contributed by atoms with Crippen LogP contribution in [-0.2, 0) is 16.8 Å². The third-order valence-corrected chi connectivity index (χ3v) is 5.98. The Morgan fingerprint density at radius 3 is 2.19 bits per heavy atom. The molecule has 1 fully saturated rings. The lowest BCUT2D eigenvalue weighted by Gasteiger charge is -2.43. The van der Waals surface area contributed by atoms with Gasteiger partial charge >= 0.3 is 0 Å². The monoisotopic (exact) mass is 367 g/mol. The van der Waals surface area contributed by atoms with E-state index in [0.29, 0.717) is 0 Å². The molecule has 3 nitrogen and oxygen atoms in total. The zero-order valence-electron chi connectivity index (χ0n) is 16.9. The molecule has 0 spiro atoms. The molecule has 1 heterocycles. The van der Waals surface area contributed by atoms with E-state index >= 15 is 0 Å². The lowest BCUT2D eigenvalue weighted by atomic mass is 9.70. The molecule has 0 aromatic heterocycles. The van der Waals surface area contributed by atoms with E-state index in [1.807, 2.05) is 6.07 Å². The molecular formula is C24H33NO2. The number of ether oxygens (including phenoxy) is 1. The normalized spacial score (nSPS) is 19.0. The van der Waals surface area contributed by atoms with Gasteiger partial charge in [0.15, 0.2) is 0 Å². The summed E-state index contributed by atoms with van der Waals surface area (Å²) in [6.45, 7) is 10.6. The maximum Gasteiger partial charge on any atom is 0.0999 e. The molecule has 0 unspecified atom stereocenters. The summed E-state index contributed by atoms with van der Waals surface area (Å²) in [6, 6.07) is 19.0. The molecule has 0 aliphatic carbocycles. The van der Waals surface area contributed by atoms with Crippen LogP contribution in [0.4, 0.5) is 0 Å². The number of aliphatic hydroxyl groups is 1. The van der Waals surface area contributed by atoms with E-state index in [2.05, 4.69) is 74.2 Å². The summed E-state index contributed by atoms with van der Waals surface area (Å²) < 4.78 is 5.53. The summed E-state index contributed by atoms with van der Waals surface area (Å²) in [5.41, 5.74) is 2.58. The van der Waals surface area contributed by atoms with E-state index < -0.39 is 5.60 Å². The summed E-state index contributed by atoms with van der Waals surface area (Å²) >= 11 is 0. The van der Waals surface area contributed by atoms with Crippen molar-refractivity contribution < 1.29 is 9.84 Å². The third-order valence-electron chi connectivity index (χ3n) is 5.98. The fraction of sp³-hybridized carbons (Fsp3) is 0.500. The van der Waals surface area contributed by atoms with Crippen LogP contribution in [0.1, 0.15) is 43.4 Å². The molecule has 1 saturated heterocycles. The first kappa shape index (κ1) is 20.1. The van der Waals surface area contributed by atoms with E-state index in [1.54, 1.807) is 0 Å². The number of aryl methyl sites for hydroxylation is 1. The minimum Gasteiger partial charge on any atom is -0.384 e. The predicted molar refractivity (Wildman–Crippen MR) is 111 cm³/mol. The molecule has 1 aliphatic rings. The van der Waals surface area contributed by atoms with Crippen LogP contribution in [0.3, 0.4) is 0 Å². The molecule has 27 heavy (non-hydrogen) atoms. The Bertz CT molecular complexity index is 692. The molecule has 2 aromatic carbocycles. The summed E-state index contributed by atoms with van der Waals surface area (Å²) in [4.78, 5) is 2.43. The second-order valence-corrected chi connectivity index (χ2v) is 7.91. The molecule has 0 bridgehead atoms. The Morgan fingerprint density at radius 2 is 1.63 bits per heavy atom. The van der Waals surface area contributed by atoms with Crippen molar-refractivity contribution in [1.82, 2.24) is 4.90 Å². The standard InChI is InChI=1S/C24H33NO2/c1-4-20-10-12-22(13-11-20)24(26,19(2)3)23(21-8-6-5-7-9-21)18-25-14-16-27-17-15-25/h5-13,19,23,26H,4,14-18H2,1-3H3/t23-,24+/m0/s1.